The molecule has 0 atom stereocenters. The van der Waals surface area contributed by atoms with Crippen LogP contribution in [0.5, 0.6) is 11.5 Å². The quantitative estimate of drug-likeness (QED) is 0.364. The number of benzene rings is 2. The third-order valence-corrected chi connectivity index (χ3v) is 5.02. The van der Waals surface area contributed by atoms with E-state index >= 15 is 0 Å². The van der Waals surface area contributed by atoms with Crippen LogP contribution in [0.25, 0.3) is 0 Å². The maximum absolute atomic E-state index is 11.9. The van der Waals surface area contributed by atoms with Crippen LogP contribution in [0.4, 0.5) is 0 Å². The molecule has 2 aromatic rings. The number of methoxy groups -OCH3 is 1. The van der Waals surface area contributed by atoms with Crippen molar-refractivity contribution in [2.75, 3.05) is 13.7 Å². The van der Waals surface area contributed by atoms with Crippen LogP contribution in [0, 0.1) is 0 Å². The maximum atomic E-state index is 11.9. The lowest BCUT2D eigenvalue weighted by Gasteiger charge is -2.10. The Kier molecular flexibility index (Phi) is 7.92. The summed E-state index contributed by atoms with van der Waals surface area (Å²) in [6.45, 7) is -0.175. The normalized spacial score (nSPS) is 10.8. The van der Waals surface area contributed by atoms with Gasteiger partial charge in [0.2, 0.25) is 0 Å². The second-order valence-corrected chi connectivity index (χ2v) is 8.21. The molecule has 0 aliphatic heterocycles. The molecule has 0 bridgehead atoms. The fourth-order valence-corrected chi connectivity index (χ4v) is 4.68. The molecule has 25 heavy (non-hydrogen) atoms. The highest BCUT2D eigenvalue weighted by atomic mass is 79.9. The Balaban J connectivity index is 1.94. The van der Waals surface area contributed by atoms with E-state index in [1.807, 2.05) is 24.3 Å². The van der Waals surface area contributed by atoms with Crippen LogP contribution in [-0.4, -0.2) is 25.8 Å². The third kappa shape index (κ3) is 6.09. The molecule has 0 aromatic heterocycles. The highest BCUT2D eigenvalue weighted by Gasteiger charge is 2.10. The van der Waals surface area contributed by atoms with Gasteiger partial charge >= 0.3 is 0 Å². The number of hydrogen-bond acceptors (Lipinski definition) is 4. The summed E-state index contributed by atoms with van der Waals surface area (Å²) in [6.07, 6.45) is 1.51. The Morgan fingerprint density at radius 1 is 1.12 bits per heavy atom. The van der Waals surface area contributed by atoms with Crippen LogP contribution in [0.15, 0.2) is 53.3 Å². The van der Waals surface area contributed by atoms with Crippen LogP contribution in [0.3, 0.4) is 0 Å². The SMILES string of the molecule is COc1ccc(Br)cc1C=NNC(=O)COc1c(Br)cc(Br)cc1Br. The van der Waals surface area contributed by atoms with E-state index in [1.54, 1.807) is 13.2 Å². The molecule has 2 aromatic carbocycles. The summed E-state index contributed by atoms with van der Waals surface area (Å²) in [5, 5.41) is 3.93. The number of hydrogen-bond donors (Lipinski definition) is 1. The van der Waals surface area contributed by atoms with E-state index in [0.29, 0.717) is 11.5 Å². The number of rotatable bonds is 6. The van der Waals surface area contributed by atoms with E-state index in [0.717, 1.165) is 23.5 Å². The highest BCUT2D eigenvalue weighted by molar-refractivity contribution is 9.11. The van der Waals surface area contributed by atoms with Crippen molar-refractivity contribution < 1.29 is 14.3 Å². The van der Waals surface area contributed by atoms with E-state index < -0.39 is 0 Å². The van der Waals surface area contributed by atoms with Crippen molar-refractivity contribution in [3.05, 3.63) is 53.8 Å². The van der Waals surface area contributed by atoms with E-state index in [-0.39, 0.29) is 12.5 Å². The molecule has 0 aliphatic carbocycles. The van der Waals surface area contributed by atoms with Gasteiger partial charge in [-0.2, -0.15) is 5.10 Å². The molecular weight excluding hydrogens is 588 g/mol. The summed E-state index contributed by atoms with van der Waals surface area (Å²) >= 11 is 13.5. The van der Waals surface area contributed by atoms with Crippen molar-refractivity contribution in [1.82, 2.24) is 5.43 Å². The van der Waals surface area contributed by atoms with Crippen LogP contribution < -0.4 is 14.9 Å². The Morgan fingerprint density at radius 3 is 2.44 bits per heavy atom. The summed E-state index contributed by atoms with van der Waals surface area (Å²) in [4.78, 5) is 11.9. The number of nitrogens with one attached hydrogen (secondary N) is 1. The average molecular weight is 600 g/mol. The van der Waals surface area contributed by atoms with E-state index in [1.165, 1.54) is 6.21 Å². The molecular formula is C16H12Br4N2O3. The molecule has 9 heteroatoms. The van der Waals surface area contributed by atoms with Gasteiger partial charge in [-0.25, -0.2) is 5.43 Å². The average Bonchev–Trinajstić information content (AvgIpc) is 2.54. The van der Waals surface area contributed by atoms with E-state index in [2.05, 4.69) is 74.2 Å². The molecule has 132 valence electrons. The Morgan fingerprint density at radius 2 is 1.80 bits per heavy atom. The Bertz CT molecular complexity index is 789. The van der Waals surface area contributed by atoms with Gasteiger partial charge in [-0.15, -0.1) is 0 Å². The number of carbonyl (C=O) groups is 1. The first kappa shape index (κ1) is 20.4. The molecule has 0 saturated heterocycles. The predicted octanol–water partition coefficient (Wildman–Crippen LogP) is 5.27. The molecule has 0 spiro atoms. The van der Waals surface area contributed by atoms with Gasteiger partial charge in [-0.3, -0.25) is 4.79 Å². The zero-order valence-corrected chi connectivity index (χ0v) is 19.2. The Labute approximate surface area is 178 Å². The monoisotopic (exact) mass is 596 g/mol. The van der Waals surface area contributed by atoms with E-state index in [4.69, 9.17) is 9.47 Å². The molecule has 0 fully saturated rings. The molecule has 0 saturated carbocycles. The number of ether oxygens (including phenoxy) is 2. The van der Waals surface area contributed by atoms with Crippen LogP contribution in [0.1, 0.15) is 5.56 Å². The van der Waals surface area contributed by atoms with Gasteiger partial charge in [0.05, 0.1) is 22.3 Å². The number of halogens is 4. The molecule has 1 amide bonds. The number of carbonyl (C=O) groups excluding carboxylic acids is 1. The van der Waals surface area contributed by atoms with Gasteiger partial charge in [0.1, 0.15) is 11.5 Å². The molecule has 0 radical (unpaired) electrons. The minimum Gasteiger partial charge on any atom is -0.496 e. The third-order valence-electron chi connectivity index (χ3n) is 2.90. The molecule has 0 aliphatic rings. The number of amides is 1. The largest absolute Gasteiger partial charge is 0.496 e. The van der Waals surface area contributed by atoms with Gasteiger partial charge in [-0.05, 0) is 62.2 Å². The number of hydrazone groups is 1. The molecule has 2 rings (SSSR count). The van der Waals surface area contributed by atoms with Gasteiger partial charge < -0.3 is 9.47 Å². The van der Waals surface area contributed by atoms with Crippen molar-refractivity contribution in [3.8, 4) is 11.5 Å². The molecule has 5 nitrogen and oxygen atoms in total. The first-order valence-electron chi connectivity index (χ1n) is 6.83. The summed E-state index contributed by atoms with van der Waals surface area (Å²) in [5.41, 5.74) is 3.15. The minimum atomic E-state index is -0.382. The second-order valence-electron chi connectivity index (χ2n) is 4.67. The molecule has 0 heterocycles. The van der Waals surface area contributed by atoms with Gasteiger partial charge in [-0.1, -0.05) is 31.9 Å². The zero-order chi connectivity index (χ0) is 18.4. The van der Waals surface area contributed by atoms with Crippen molar-refractivity contribution in [3.63, 3.8) is 0 Å². The number of nitrogens with zero attached hydrogens (tertiary/aromatic N) is 1. The van der Waals surface area contributed by atoms with Crippen molar-refractivity contribution >= 4 is 75.8 Å². The topological polar surface area (TPSA) is 59.9 Å². The van der Waals surface area contributed by atoms with Crippen LogP contribution in [0.2, 0.25) is 0 Å². The Hall–Kier alpha value is -0.900. The summed E-state index contributed by atoms with van der Waals surface area (Å²) in [7, 11) is 1.57. The fourth-order valence-electron chi connectivity index (χ4n) is 1.82. The lowest BCUT2D eigenvalue weighted by atomic mass is 10.2. The fraction of sp³-hybridized carbons (Fsp3) is 0.125. The first-order chi connectivity index (χ1) is 11.9. The van der Waals surface area contributed by atoms with Crippen molar-refractivity contribution in [1.29, 1.82) is 0 Å². The lowest BCUT2D eigenvalue weighted by Crippen LogP contribution is -2.24. The standard InChI is InChI=1S/C16H12Br4N2O3/c1-24-14-3-2-10(17)4-9(14)7-21-22-15(23)8-25-16-12(19)5-11(18)6-13(16)20/h2-7H,8H2,1H3,(H,22,23). The van der Waals surface area contributed by atoms with Gasteiger partial charge in [0, 0.05) is 14.5 Å². The van der Waals surface area contributed by atoms with Crippen LogP contribution >= 0.6 is 63.7 Å². The van der Waals surface area contributed by atoms with E-state index in [9.17, 15) is 4.79 Å². The first-order valence-corrected chi connectivity index (χ1v) is 10.0. The smallest absolute Gasteiger partial charge is 0.277 e. The van der Waals surface area contributed by atoms with Crippen molar-refractivity contribution in [2.45, 2.75) is 0 Å². The summed E-state index contributed by atoms with van der Waals surface area (Å²) in [6, 6.07) is 9.15. The second kappa shape index (κ2) is 9.70. The molecule has 0 unspecified atom stereocenters. The summed E-state index contributed by atoms with van der Waals surface area (Å²) < 4.78 is 14.0. The minimum absolute atomic E-state index is 0.175. The molecule has 1 N–H and O–H groups in total. The lowest BCUT2D eigenvalue weighted by molar-refractivity contribution is -0.123. The van der Waals surface area contributed by atoms with Crippen molar-refractivity contribution in [2.24, 2.45) is 5.10 Å². The summed E-state index contributed by atoms with van der Waals surface area (Å²) in [5.74, 6) is 0.808. The highest BCUT2D eigenvalue weighted by Crippen LogP contribution is 2.36. The van der Waals surface area contributed by atoms with Gasteiger partial charge in [0.15, 0.2) is 6.61 Å². The van der Waals surface area contributed by atoms with Gasteiger partial charge in [0.25, 0.3) is 5.91 Å². The maximum Gasteiger partial charge on any atom is 0.277 e. The predicted molar refractivity (Wildman–Crippen MR) is 111 cm³/mol. The van der Waals surface area contributed by atoms with Crippen LogP contribution in [-0.2, 0) is 4.79 Å². The zero-order valence-electron chi connectivity index (χ0n) is 12.9.